The van der Waals surface area contributed by atoms with Crippen molar-refractivity contribution in [3.63, 3.8) is 0 Å². The Morgan fingerprint density at radius 2 is 1.97 bits per heavy atom. The van der Waals surface area contributed by atoms with Gasteiger partial charge in [0.25, 0.3) is 0 Å². The standard InChI is InChI=1S/C21H23N5O3/c1-14-17(15(2)29-25-14)13-28-18-8-7-16(10-19(18)27-3)11-22-12-21-24-23-20-6-4-5-9-26(20)21/h4-10,22H,11-13H2,1-3H3. The zero-order valence-electron chi connectivity index (χ0n) is 16.7. The van der Waals surface area contributed by atoms with Gasteiger partial charge in [-0.05, 0) is 43.7 Å². The Morgan fingerprint density at radius 1 is 1.07 bits per heavy atom. The highest BCUT2D eigenvalue weighted by molar-refractivity contribution is 5.43. The van der Waals surface area contributed by atoms with Crippen molar-refractivity contribution in [3.05, 3.63) is 71.0 Å². The Morgan fingerprint density at radius 3 is 2.76 bits per heavy atom. The number of ether oxygens (including phenoxy) is 2. The number of pyridine rings is 1. The summed E-state index contributed by atoms with van der Waals surface area (Å²) in [4.78, 5) is 0. The maximum absolute atomic E-state index is 5.93. The van der Waals surface area contributed by atoms with Crippen LogP contribution in [0.25, 0.3) is 5.65 Å². The fourth-order valence-electron chi connectivity index (χ4n) is 3.13. The molecule has 0 saturated carbocycles. The van der Waals surface area contributed by atoms with Crippen LogP contribution in [0.5, 0.6) is 11.5 Å². The highest BCUT2D eigenvalue weighted by atomic mass is 16.5. The van der Waals surface area contributed by atoms with Crippen LogP contribution in [-0.2, 0) is 19.7 Å². The van der Waals surface area contributed by atoms with E-state index in [0.717, 1.165) is 34.1 Å². The van der Waals surface area contributed by atoms with Crippen LogP contribution in [0.4, 0.5) is 0 Å². The van der Waals surface area contributed by atoms with Crippen LogP contribution in [-0.4, -0.2) is 26.9 Å². The predicted molar refractivity (Wildman–Crippen MR) is 107 cm³/mol. The zero-order chi connectivity index (χ0) is 20.2. The molecule has 0 aliphatic rings. The largest absolute Gasteiger partial charge is 0.493 e. The highest BCUT2D eigenvalue weighted by Crippen LogP contribution is 2.29. The Hall–Kier alpha value is -3.39. The first-order valence-electron chi connectivity index (χ1n) is 9.36. The number of benzene rings is 1. The van der Waals surface area contributed by atoms with Gasteiger partial charge in [0.05, 0.1) is 24.9 Å². The summed E-state index contributed by atoms with van der Waals surface area (Å²) in [5, 5.41) is 15.7. The summed E-state index contributed by atoms with van der Waals surface area (Å²) in [5.41, 5.74) is 3.72. The number of fused-ring (bicyclic) bond motifs is 1. The van der Waals surface area contributed by atoms with Crippen LogP contribution in [0.2, 0.25) is 0 Å². The maximum atomic E-state index is 5.93. The molecule has 0 radical (unpaired) electrons. The van der Waals surface area contributed by atoms with Gasteiger partial charge in [-0.2, -0.15) is 0 Å². The minimum absolute atomic E-state index is 0.384. The van der Waals surface area contributed by atoms with Gasteiger partial charge in [-0.15, -0.1) is 10.2 Å². The van der Waals surface area contributed by atoms with Gasteiger partial charge in [-0.3, -0.25) is 4.40 Å². The molecule has 0 unspecified atom stereocenters. The maximum Gasteiger partial charge on any atom is 0.161 e. The fraction of sp³-hybridized carbons (Fsp3) is 0.286. The van der Waals surface area contributed by atoms with E-state index in [2.05, 4.69) is 20.7 Å². The van der Waals surface area contributed by atoms with Crippen molar-refractivity contribution in [2.75, 3.05) is 7.11 Å². The summed E-state index contributed by atoms with van der Waals surface area (Å²) in [7, 11) is 1.64. The molecular formula is C21H23N5O3. The topological polar surface area (TPSA) is 86.7 Å². The molecule has 29 heavy (non-hydrogen) atoms. The monoisotopic (exact) mass is 393 g/mol. The first-order chi connectivity index (χ1) is 14.2. The molecule has 0 amide bonds. The molecule has 0 fully saturated rings. The second kappa shape index (κ2) is 8.32. The van der Waals surface area contributed by atoms with Gasteiger partial charge in [-0.1, -0.05) is 17.3 Å². The number of methoxy groups -OCH3 is 1. The van der Waals surface area contributed by atoms with Crippen LogP contribution in [0.15, 0.2) is 47.1 Å². The van der Waals surface area contributed by atoms with E-state index in [1.54, 1.807) is 7.11 Å². The normalized spacial score (nSPS) is 11.1. The van der Waals surface area contributed by atoms with Crippen LogP contribution in [0.3, 0.4) is 0 Å². The average Bonchev–Trinajstić information content (AvgIpc) is 3.30. The second-order valence-electron chi connectivity index (χ2n) is 6.73. The van der Waals surface area contributed by atoms with E-state index in [1.165, 1.54) is 0 Å². The minimum atomic E-state index is 0.384. The van der Waals surface area contributed by atoms with Crippen molar-refractivity contribution in [2.45, 2.75) is 33.5 Å². The Balaban J connectivity index is 1.38. The van der Waals surface area contributed by atoms with Gasteiger partial charge in [-0.25, -0.2) is 0 Å². The third kappa shape index (κ3) is 4.07. The van der Waals surface area contributed by atoms with E-state index in [9.17, 15) is 0 Å². The number of aryl methyl sites for hydroxylation is 2. The molecule has 0 bridgehead atoms. The summed E-state index contributed by atoms with van der Waals surface area (Å²) >= 11 is 0. The van der Waals surface area contributed by atoms with Crippen molar-refractivity contribution >= 4 is 5.65 Å². The summed E-state index contributed by atoms with van der Waals surface area (Å²) in [6.45, 7) is 5.44. The average molecular weight is 393 g/mol. The number of rotatable bonds is 8. The first kappa shape index (κ1) is 18.9. The molecule has 4 rings (SSSR count). The Bertz CT molecular complexity index is 1100. The van der Waals surface area contributed by atoms with Gasteiger partial charge in [0.15, 0.2) is 23.0 Å². The van der Waals surface area contributed by atoms with Crippen LogP contribution in [0, 0.1) is 13.8 Å². The summed E-state index contributed by atoms with van der Waals surface area (Å²) in [6, 6.07) is 11.7. The van der Waals surface area contributed by atoms with Crippen LogP contribution < -0.4 is 14.8 Å². The van der Waals surface area contributed by atoms with Gasteiger partial charge >= 0.3 is 0 Å². The molecule has 0 saturated heterocycles. The van der Waals surface area contributed by atoms with Crippen molar-refractivity contribution < 1.29 is 14.0 Å². The number of nitrogens with one attached hydrogen (secondary N) is 1. The number of aromatic nitrogens is 4. The third-order valence-corrected chi connectivity index (χ3v) is 4.78. The quantitative estimate of drug-likeness (QED) is 0.492. The second-order valence-corrected chi connectivity index (χ2v) is 6.73. The van der Waals surface area contributed by atoms with Crippen molar-refractivity contribution in [1.29, 1.82) is 0 Å². The van der Waals surface area contributed by atoms with Gasteiger partial charge in [0.1, 0.15) is 12.4 Å². The molecule has 0 aliphatic heterocycles. The van der Waals surface area contributed by atoms with E-state index in [4.69, 9.17) is 14.0 Å². The number of nitrogens with zero attached hydrogens (tertiary/aromatic N) is 4. The van der Waals surface area contributed by atoms with Crippen molar-refractivity contribution in [1.82, 2.24) is 25.1 Å². The number of hydrogen-bond donors (Lipinski definition) is 1. The molecule has 3 aromatic heterocycles. The smallest absolute Gasteiger partial charge is 0.161 e. The van der Waals surface area contributed by atoms with Crippen molar-refractivity contribution in [3.8, 4) is 11.5 Å². The molecule has 1 N–H and O–H groups in total. The molecule has 8 heteroatoms. The zero-order valence-corrected chi connectivity index (χ0v) is 16.7. The lowest BCUT2D eigenvalue weighted by Crippen LogP contribution is -2.15. The summed E-state index contributed by atoms with van der Waals surface area (Å²) in [5.74, 6) is 3.00. The molecule has 3 heterocycles. The lowest BCUT2D eigenvalue weighted by Gasteiger charge is -2.12. The minimum Gasteiger partial charge on any atom is -0.493 e. The first-order valence-corrected chi connectivity index (χ1v) is 9.36. The molecule has 0 spiro atoms. The lowest BCUT2D eigenvalue weighted by molar-refractivity contribution is 0.281. The third-order valence-electron chi connectivity index (χ3n) is 4.78. The van der Waals surface area contributed by atoms with Crippen LogP contribution >= 0.6 is 0 Å². The molecule has 0 aliphatic carbocycles. The molecule has 150 valence electrons. The molecule has 1 aromatic carbocycles. The lowest BCUT2D eigenvalue weighted by atomic mass is 10.2. The highest BCUT2D eigenvalue weighted by Gasteiger charge is 2.12. The SMILES string of the molecule is COc1cc(CNCc2nnc3ccccn23)ccc1OCc1c(C)noc1C. The van der Waals surface area contributed by atoms with Crippen molar-refractivity contribution in [2.24, 2.45) is 0 Å². The van der Waals surface area contributed by atoms with E-state index < -0.39 is 0 Å². The molecule has 8 nitrogen and oxygen atoms in total. The van der Waals surface area contributed by atoms with Gasteiger partial charge in [0.2, 0.25) is 0 Å². The molecule has 0 atom stereocenters. The molecule has 4 aromatic rings. The van der Waals surface area contributed by atoms with Gasteiger partial charge in [0, 0.05) is 12.7 Å². The van der Waals surface area contributed by atoms with Crippen LogP contribution in [0.1, 0.15) is 28.4 Å². The predicted octanol–water partition coefficient (Wildman–Crippen LogP) is 3.21. The van der Waals surface area contributed by atoms with E-state index >= 15 is 0 Å². The fourth-order valence-corrected chi connectivity index (χ4v) is 3.13. The van der Waals surface area contributed by atoms with Gasteiger partial charge < -0.3 is 19.3 Å². The number of hydrogen-bond acceptors (Lipinski definition) is 7. The van der Waals surface area contributed by atoms with E-state index in [0.29, 0.717) is 31.2 Å². The molecular weight excluding hydrogens is 370 g/mol. The van der Waals surface area contributed by atoms with E-state index in [1.807, 2.05) is 60.8 Å². The summed E-state index contributed by atoms with van der Waals surface area (Å²) < 4.78 is 18.6. The van der Waals surface area contributed by atoms with E-state index in [-0.39, 0.29) is 0 Å². The Labute approximate surface area is 168 Å². The summed E-state index contributed by atoms with van der Waals surface area (Å²) in [6.07, 6.45) is 1.96. The Kier molecular flexibility index (Phi) is 5.44.